The molecule has 0 saturated heterocycles. The number of aliphatic hydroxyl groups excluding tert-OH is 1. The van der Waals surface area contributed by atoms with Gasteiger partial charge in [0.25, 0.3) is 0 Å². The highest BCUT2D eigenvalue weighted by Crippen LogP contribution is 2.36. The number of aliphatic hydroxyl groups is 1. The summed E-state index contributed by atoms with van der Waals surface area (Å²) in [7, 11) is 0. The number of aromatic nitrogens is 2. The summed E-state index contributed by atoms with van der Waals surface area (Å²) in [5.41, 5.74) is 0. The first kappa shape index (κ1) is 20.7. The number of nitrogens with two attached hydrogens (primary N) is 1. The van der Waals surface area contributed by atoms with Crippen LogP contribution in [0.5, 0.6) is 0 Å². The third kappa shape index (κ3) is 5.71. The number of nitrogens with one attached hydrogen (secondary N) is 1. The number of ether oxygens (including phenoxy) is 1. The lowest BCUT2D eigenvalue weighted by molar-refractivity contribution is -0.00690. The minimum Gasteiger partial charge on any atom is -0.437 e. The van der Waals surface area contributed by atoms with E-state index in [0.717, 1.165) is 37.1 Å². The number of imidazole rings is 1. The summed E-state index contributed by atoms with van der Waals surface area (Å²) in [5, 5.41) is 11.3. The number of rotatable bonds is 8. The lowest BCUT2D eigenvalue weighted by atomic mass is 9.85. The van der Waals surface area contributed by atoms with E-state index in [4.69, 9.17) is 10.6 Å². The summed E-state index contributed by atoms with van der Waals surface area (Å²) in [6.07, 6.45) is 8.67. The molecule has 1 aromatic heterocycles. The summed E-state index contributed by atoms with van der Waals surface area (Å²) in [5.74, 6) is 7.36. The van der Waals surface area contributed by atoms with Crippen LogP contribution >= 0.6 is 0 Å². The summed E-state index contributed by atoms with van der Waals surface area (Å²) in [4.78, 5) is 20.0. The van der Waals surface area contributed by atoms with Gasteiger partial charge < -0.3 is 14.8 Å². The molecule has 1 saturated carbocycles. The molecule has 7 nitrogen and oxygen atoms in total. The fourth-order valence-corrected chi connectivity index (χ4v) is 3.51. The number of aromatic amines is 1. The number of amides is 1. The molecule has 1 aliphatic carbocycles. The van der Waals surface area contributed by atoms with Gasteiger partial charge in [0.15, 0.2) is 6.10 Å². The zero-order valence-corrected chi connectivity index (χ0v) is 16.2. The van der Waals surface area contributed by atoms with E-state index in [0.29, 0.717) is 18.2 Å². The summed E-state index contributed by atoms with van der Waals surface area (Å²) < 4.78 is 5.75. The van der Waals surface area contributed by atoms with Crippen molar-refractivity contribution in [2.75, 3.05) is 0 Å². The molecule has 1 aliphatic rings. The van der Waals surface area contributed by atoms with Gasteiger partial charge in [0.05, 0.1) is 12.1 Å². The molecule has 26 heavy (non-hydrogen) atoms. The molecule has 1 amide bonds. The van der Waals surface area contributed by atoms with E-state index in [-0.39, 0.29) is 5.92 Å². The number of carbonyl (C=O) groups is 1. The molecule has 0 bridgehead atoms. The number of carbonyl (C=O) groups excluding carboxylic acids is 1. The van der Waals surface area contributed by atoms with Crippen LogP contribution in [0, 0.1) is 11.8 Å². The number of hydrazine groups is 1. The van der Waals surface area contributed by atoms with Gasteiger partial charge in [-0.25, -0.2) is 20.6 Å². The number of hydrogen-bond acceptors (Lipinski definition) is 5. The van der Waals surface area contributed by atoms with Crippen molar-refractivity contribution in [2.24, 2.45) is 17.7 Å². The normalized spacial score (nSPS) is 19.2. The lowest BCUT2D eigenvalue weighted by Crippen LogP contribution is -2.50. The Morgan fingerprint density at radius 1 is 1.35 bits per heavy atom. The van der Waals surface area contributed by atoms with Crippen LogP contribution in [0.1, 0.15) is 77.6 Å². The second-order valence-electron chi connectivity index (χ2n) is 7.86. The van der Waals surface area contributed by atoms with Crippen molar-refractivity contribution in [1.29, 1.82) is 0 Å². The molecule has 1 aromatic rings. The maximum Gasteiger partial charge on any atom is 0.425 e. The van der Waals surface area contributed by atoms with Gasteiger partial charge in [-0.1, -0.05) is 33.1 Å². The highest BCUT2D eigenvalue weighted by atomic mass is 16.6. The molecule has 0 aliphatic heterocycles. The maximum absolute atomic E-state index is 12.6. The fraction of sp³-hybridized carbons (Fsp3) is 0.789. The van der Waals surface area contributed by atoms with Crippen LogP contribution in [0.25, 0.3) is 0 Å². The second kappa shape index (κ2) is 9.92. The Morgan fingerprint density at radius 3 is 2.62 bits per heavy atom. The standard InChI is InChI=1S/C19H34N4O3/c1-13(2)9-10-16(24)14(3)23(20)19(25)26-17(18-21-11-12-22-18)15-7-5-4-6-8-15/h11-17,24H,4-10,20H2,1-3H3,(H,21,22)/t14-,16-,17?/m0/s1. The predicted molar refractivity (Wildman–Crippen MR) is 100.0 cm³/mol. The topological polar surface area (TPSA) is 104 Å². The molecule has 7 heteroatoms. The van der Waals surface area contributed by atoms with Crippen molar-refractivity contribution in [1.82, 2.24) is 15.0 Å². The SMILES string of the molecule is CC(C)CC[C@H](O)[C@H](C)N(N)C(=O)OC(c1ncc[nH]1)C1CCCCC1. The monoisotopic (exact) mass is 366 g/mol. The Balaban J connectivity index is 1.99. The zero-order chi connectivity index (χ0) is 19.1. The van der Waals surface area contributed by atoms with E-state index in [1.54, 1.807) is 19.3 Å². The van der Waals surface area contributed by atoms with E-state index >= 15 is 0 Å². The molecule has 1 heterocycles. The Kier molecular flexibility index (Phi) is 7.90. The summed E-state index contributed by atoms with van der Waals surface area (Å²) in [6.45, 7) is 5.95. The first-order valence-electron chi connectivity index (χ1n) is 9.82. The van der Waals surface area contributed by atoms with E-state index in [9.17, 15) is 9.90 Å². The smallest absolute Gasteiger partial charge is 0.425 e. The summed E-state index contributed by atoms with van der Waals surface area (Å²) >= 11 is 0. The Bertz CT molecular complexity index is 529. The number of hydrogen-bond donors (Lipinski definition) is 3. The van der Waals surface area contributed by atoms with Crippen LogP contribution in [-0.4, -0.2) is 38.3 Å². The minimum atomic E-state index is -0.674. The molecule has 1 fully saturated rings. The first-order chi connectivity index (χ1) is 12.4. The Hall–Kier alpha value is -1.60. The van der Waals surface area contributed by atoms with Crippen molar-refractivity contribution in [3.05, 3.63) is 18.2 Å². The van der Waals surface area contributed by atoms with E-state index in [1.165, 1.54) is 6.42 Å². The van der Waals surface area contributed by atoms with Crippen LogP contribution in [0.2, 0.25) is 0 Å². The molecule has 2 rings (SSSR count). The molecule has 0 radical (unpaired) electrons. The molecule has 1 unspecified atom stereocenters. The Labute approximate surface area is 156 Å². The van der Waals surface area contributed by atoms with Gasteiger partial charge in [-0.05, 0) is 38.5 Å². The van der Waals surface area contributed by atoms with E-state index < -0.39 is 24.3 Å². The van der Waals surface area contributed by atoms with Crippen LogP contribution in [0.3, 0.4) is 0 Å². The van der Waals surface area contributed by atoms with Crippen molar-refractivity contribution < 1.29 is 14.6 Å². The van der Waals surface area contributed by atoms with Gasteiger partial charge in [-0.15, -0.1) is 0 Å². The van der Waals surface area contributed by atoms with Crippen molar-refractivity contribution >= 4 is 6.09 Å². The van der Waals surface area contributed by atoms with Gasteiger partial charge in [-0.2, -0.15) is 0 Å². The minimum absolute atomic E-state index is 0.244. The second-order valence-corrected chi connectivity index (χ2v) is 7.86. The summed E-state index contributed by atoms with van der Waals surface area (Å²) in [6, 6.07) is -0.509. The first-order valence-corrected chi connectivity index (χ1v) is 9.82. The molecular weight excluding hydrogens is 332 g/mol. The van der Waals surface area contributed by atoms with Crippen molar-refractivity contribution in [2.45, 2.75) is 84.0 Å². The van der Waals surface area contributed by atoms with Crippen molar-refractivity contribution in [3.8, 4) is 0 Å². The number of nitrogens with zero attached hydrogens (tertiary/aromatic N) is 2. The average molecular weight is 367 g/mol. The van der Waals surface area contributed by atoms with Crippen LogP contribution < -0.4 is 5.84 Å². The fourth-order valence-electron chi connectivity index (χ4n) is 3.51. The van der Waals surface area contributed by atoms with Gasteiger partial charge in [0.2, 0.25) is 0 Å². The molecule has 4 N–H and O–H groups in total. The average Bonchev–Trinajstić information content (AvgIpc) is 3.17. The van der Waals surface area contributed by atoms with Gasteiger partial charge in [0, 0.05) is 18.3 Å². The third-order valence-electron chi connectivity index (χ3n) is 5.34. The number of H-pyrrole nitrogens is 1. The molecular formula is C19H34N4O3. The highest BCUT2D eigenvalue weighted by Gasteiger charge is 2.33. The van der Waals surface area contributed by atoms with Crippen molar-refractivity contribution in [3.63, 3.8) is 0 Å². The molecule has 3 atom stereocenters. The quantitative estimate of drug-likeness (QED) is 0.371. The third-order valence-corrected chi connectivity index (χ3v) is 5.34. The molecule has 148 valence electrons. The largest absolute Gasteiger partial charge is 0.437 e. The zero-order valence-electron chi connectivity index (χ0n) is 16.2. The molecule has 0 spiro atoms. The predicted octanol–water partition coefficient (Wildman–Crippen LogP) is 3.53. The van der Waals surface area contributed by atoms with Crippen LogP contribution in [0.4, 0.5) is 4.79 Å². The maximum atomic E-state index is 12.6. The van der Waals surface area contributed by atoms with Gasteiger partial charge >= 0.3 is 6.09 Å². The van der Waals surface area contributed by atoms with Crippen LogP contribution in [0.15, 0.2) is 12.4 Å². The van der Waals surface area contributed by atoms with Crippen LogP contribution in [-0.2, 0) is 4.74 Å². The molecule has 0 aromatic carbocycles. The van der Waals surface area contributed by atoms with E-state index in [1.807, 2.05) is 0 Å². The van der Waals surface area contributed by atoms with Gasteiger partial charge in [0.1, 0.15) is 5.82 Å². The highest BCUT2D eigenvalue weighted by molar-refractivity contribution is 5.67. The van der Waals surface area contributed by atoms with E-state index in [2.05, 4.69) is 23.8 Å². The Morgan fingerprint density at radius 2 is 2.04 bits per heavy atom. The lowest BCUT2D eigenvalue weighted by Gasteiger charge is -2.32. The van der Waals surface area contributed by atoms with Gasteiger partial charge in [-0.3, -0.25) is 0 Å².